The fourth-order valence-electron chi connectivity index (χ4n) is 3.68. The Morgan fingerprint density at radius 2 is 2.08 bits per heavy atom. The zero-order valence-electron chi connectivity index (χ0n) is 7.87. The number of hydrogen-bond acceptors (Lipinski definition) is 2. The van der Waals surface area contributed by atoms with Gasteiger partial charge < -0.3 is 4.74 Å². The van der Waals surface area contributed by atoms with Crippen LogP contribution in [0.4, 0.5) is 0 Å². The molecule has 2 bridgehead atoms. The first-order valence-corrected chi connectivity index (χ1v) is 5.48. The van der Waals surface area contributed by atoms with Crippen molar-refractivity contribution in [3.63, 3.8) is 0 Å². The average molecular weight is 180 g/mol. The van der Waals surface area contributed by atoms with Crippen LogP contribution >= 0.6 is 0 Å². The van der Waals surface area contributed by atoms with Crippen LogP contribution in [0.1, 0.15) is 32.1 Å². The van der Waals surface area contributed by atoms with Crippen molar-refractivity contribution in [1.82, 2.24) is 0 Å². The summed E-state index contributed by atoms with van der Waals surface area (Å²) >= 11 is 0. The molecule has 2 saturated carbocycles. The lowest BCUT2D eigenvalue weighted by Crippen LogP contribution is -2.21. The summed E-state index contributed by atoms with van der Waals surface area (Å²) in [5.74, 6) is 3.36. The van der Waals surface area contributed by atoms with E-state index in [0.29, 0.717) is 18.9 Å². The van der Waals surface area contributed by atoms with E-state index in [4.69, 9.17) is 4.74 Å². The Labute approximate surface area is 78.6 Å². The molecule has 1 saturated heterocycles. The smallest absolute Gasteiger partial charge is 0.306 e. The van der Waals surface area contributed by atoms with E-state index in [0.717, 1.165) is 17.8 Å². The van der Waals surface area contributed by atoms with Crippen LogP contribution in [-0.4, -0.2) is 12.6 Å². The van der Waals surface area contributed by atoms with Gasteiger partial charge in [0, 0.05) is 5.92 Å². The Hall–Kier alpha value is -0.530. The van der Waals surface area contributed by atoms with Gasteiger partial charge in [-0.25, -0.2) is 0 Å². The molecule has 4 atom stereocenters. The lowest BCUT2D eigenvalue weighted by atomic mass is 9.79. The predicted molar refractivity (Wildman–Crippen MR) is 48.0 cm³/mol. The highest BCUT2D eigenvalue weighted by Gasteiger charge is 2.45. The molecule has 3 fully saturated rings. The topological polar surface area (TPSA) is 26.3 Å². The van der Waals surface area contributed by atoms with Crippen LogP contribution in [0, 0.1) is 23.7 Å². The molecule has 0 aromatic rings. The van der Waals surface area contributed by atoms with Gasteiger partial charge >= 0.3 is 5.97 Å². The molecule has 13 heavy (non-hydrogen) atoms. The molecule has 0 spiro atoms. The summed E-state index contributed by atoms with van der Waals surface area (Å²) in [5, 5.41) is 0. The SMILES string of the molecule is O=C1CC(C2CC3CCC2C3)CO1. The van der Waals surface area contributed by atoms with E-state index in [1.807, 2.05) is 0 Å². The molecule has 3 aliphatic rings. The summed E-state index contributed by atoms with van der Waals surface area (Å²) in [5.41, 5.74) is 0. The van der Waals surface area contributed by atoms with E-state index in [-0.39, 0.29) is 5.97 Å². The van der Waals surface area contributed by atoms with Crippen molar-refractivity contribution in [3.8, 4) is 0 Å². The third-order valence-electron chi connectivity index (χ3n) is 4.29. The van der Waals surface area contributed by atoms with Crippen molar-refractivity contribution in [1.29, 1.82) is 0 Å². The summed E-state index contributed by atoms with van der Waals surface area (Å²) in [6, 6.07) is 0. The summed E-state index contributed by atoms with van der Waals surface area (Å²) in [6.45, 7) is 0.715. The first kappa shape index (κ1) is 7.84. The molecule has 1 aliphatic heterocycles. The Balaban J connectivity index is 1.69. The molecule has 0 N–H and O–H groups in total. The number of hydrogen-bond donors (Lipinski definition) is 0. The van der Waals surface area contributed by atoms with Crippen LogP contribution in [0.3, 0.4) is 0 Å². The highest BCUT2D eigenvalue weighted by molar-refractivity contribution is 5.71. The van der Waals surface area contributed by atoms with Crippen molar-refractivity contribution in [3.05, 3.63) is 0 Å². The number of esters is 1. The van der Waals surface area contributed by atoms with E-state index >= 15 is 0 Å². The Kier molecular flexibility index (Phi) is 1.64. The van der Waals surface area contributed by atoms with E-state index in [9.17, 15) is 4.79 Å². The fraction of sp³-hybridized carbons (Fsp3) is 0.909. The van der Waals surface area contributed by atoms with Crippen LogP contribution in [0.15, 0.2) is 0 Å². The number of carbonyl (C=O) groups excluding carboxylic acids is 1. The fourth-order valence-corrected chi connectivity index (χ4v) is 3.68. The molecular weight excluding hydrogens is 164 g/mol. The number of carbonyl (C=O) groups is 1. The zero-order valence-corrected chi connectivity index (χ0v) is 7.87. The third-order valence-corrected chi connectivity index (χ3v) is 4.29. The quantitative estimate of drug-likeness (QED) is 0.577. The summed E-state index contributed by atoms with van der Waals surface area (Å²) < 4.78 is 5.05. The molecule has 4 unspecified atom stereocenters. The molecule has 2 nitrogen and oxygen atoms in total. The molecule has 0 amide bonds. The van der Waals surface area contributed by atoms with Gasteiger partial charge in [0.05, 0.1) is 13.0 Å². The van der Waals surface area contributed by atoms with Gasteiger partial charge in [-0.1, -0.05) is 6.42 Å². The molecule has 3 rings (SSSR count). The largest absolute Gasteiger partial charge is 0.465 e. The highest BCUT2D eigenvalue weighted by atomic mass is 16.5. The van der Waals surface area contributed by atoms with E-state index in [1.54, 1.807) is 0 Å². The predicted octanol–water partition coefficient (Wildman–Crippen LogP) is 1.99. The molecule has 2 heteroatoms. The normalized spacial score (nSPS) is 48.5. The van der Waals surface area contributed by atoms with Crippen LogP contribution < -0.4 is 0 Å². The second-order valence-electron chi connectivity index (χ2n) is 4.99. The molecule has 0 radical (unpaired) electrons. The van der Waals surface area contributed by atoms with Gasteiger partial charge in [-0.2, -0.15) is 0 Å². The van der Waals surface area contributed by atoms with Gasteiger partial charge in [0.1, 0.15) is 0 Å². The standard InChI is InChI=1S/C11H16O2/c12-11-5-9(6-13-11)10-4-7-1-2-8(10)3-7/h7-10H,1-6H2. The van der Waals surface area contributed by atoms with Crippen LogP contribution in [0.25, 0.3) is 0 Å². The summed E-state index contributed by atoms with van der Waals surface area (Å²) in [7, 11) is 0. The molecular formula is C11H16O2. The van der Waals surface area contributed by atoms with E-state index < -0.39 is 0 Å². The van der Waals surface area contributed by atoms with E-state index in [1.165, 1.54) is 25.7 Å². The van der Waals surface area contributed by atoms with Crippen LogP contribution in [0.5, 0.6) is 0 Å². The molecule has 0 aromatic heterocycles. The number of ether oxygens (including phenoxy) is 1. The number of cyclic esters (lactones) is 1. The lowest BCUT2D eigenvalue weighted by Gasteiger charge is -2.25. The maximum atomic E-state index is 11.0. The third kappa shape index (κ3) is 1.18. The van der Waals surface area contributed by atoms with Gasteiger partial charge in [-0.15, -0.1) is 0 Å². The summed E-state index contributed by atoms with van der Waals surface area (Å²) in [6.07, 6.45) is 6.39. The number of rotatable bonds is 1. The maximum Gasteiger partial charge on any atom is 0.306 e. The second kappa shape index (κ2) is 2.73. The maximum absolute atomic E-state index is 11.0. The van der Waals surface area contributed by atoms with Gasteiger partial charge in [-0.3, -0.25) is 4.79 Å². The van der Waals surface area contributed by atoms with Crippen LogP contribution in [0.2, 0.25) is 0 Å². The van der Waals surface area contributed by atoms with Crippen molar-refractivity contribution in [2.45, 2.75) is 32.1 Å². The Morgan fingerprint density at radius 3 is 2.62 bits per heavy atom. The minimum atomic E-state index is 0.0350. The Bertz CT molecular complexity index is 236. The first-order valence-electron chi connectivity index (χ1n) is 5.48. The van der Waals surface area contributed by atoms with Crippen molar-refractivity contribution in [2.24, 2.45) is 23.7 Å². The number of fused-ring (bicyclic) bond motifs is 2. The van der Waals surface area contributed by atoms with Gasteiger partial charge in [0.15, 0.2) is 0 Å². The minimum absolute atomic E-state index is 0.0350. The van der Waals surface area contributed by atoms with Crippen molar-refractivity contribution < 1.29 is 9.53 Å². The second-order valence-corrected chi connectivity index (χ2v) is 4.99. The molecule has 72 valence electrons. The van der Waals surface area contributed by atoms with Gasteiger partial charge in [-0.05, 0) is 37.0 Å². The molecule has 0 aromatic carbocycles. The van der Waals surface area contributed by atoms with E-state index in [2.05, 4.69) is 0 Å². The Morgan fingerprint density at radius 1 is 1.15 bits per heavy atom. The summed E-state index contributed by atoms with van der Waals surface area (Å²) in [4.78, 5) is 11.0. The van der Waals surface area contributed by atoms with Gasteiger partial charge in [0.2, 0.25) is 0 Å². The zero-order chi connectivity index (χ0) is 8.84. The minimum Gasteiger partial charge on any atom is -0.465 e. The molecule has 2 aliphatic carbocycles. The molecule has 1 heterocycles. The lowest BCUT2D eigenvalue weighted by molar-refractivity contribution is -0.137. The van der Waals surface area contributed by atoms with Gasteiger partial charge in [0.25, 0.3) is 0 Å². The van der Waals surface area contributed by atoms with Crippen molar-refractivity contribution >= 4 is 5.97 Å². The van der Waals surface area contributed by atoms with Crippen LogP contribution in [-0.2, 0) is 9.53 Å². The monoisotopic (exact) mass is 180 g/mol. The first-order chi connectivity index (χ1) is 6.33. The average Bonchev–Trinajstić information content (AvgIpc) is 2.77. The highest BCUT2D eigenvalue weighted by Crippen LogP contribution is 2.52. The van der Waals surface area contributed by atoms with Crippen molar-refractivity contribution in [2.75, 3.05) is 6.61 Å².